The van der Waals surface area contributed by atoms with Gasteiger partial charge in [0.25, 0.3) is 0 Å². The summed E-state index contributed by atoms with van der Waals surface area (Å²) in [5, 5.41) is 1.58. The number of ether oxygens (including phenoxy) is 2. The number of fused-ring (bicyclic) bond motifs is 1. The number of hydrogen-bond donors (Lipinski definition) is 1. The minimum atomic E-state index is -0.182. The van der Waals surface area contributed by atoms with Crippen molar-refractivity contribution in [2.75, 3.05) is 20.2 Å². The van der Waals surface area contributed by atoms with Crippen molar-refractivity contribution < 1.29 is 10.9 Å². The van der Waals surface area contributed by atoms with Gasteiger partial charge < -0.3 is 14.8 Å². The lowest BCUT2D eigenvalue weighted by atomic mass is 9.96. The molecule has 1 spiro atoms. The molecule has 1 unspecified atom stereocenters. The van der Waals surface area contributed by atoms with Crippen LogP contribution >= 0.6 is 0 Å². The third-order valence-corrected chi connectivity index (χ3v) is 3.24. The van der Waals surface area contributed by atoms with Crippen LogP contribution < -0.4 is 14.8 Å². The van der Waals surface area contributed by atoms with Gasteiger partial charge in [0.05, 0.1) is 7.11 Å². The van der Waals surface area contributed by atoms with Crippen LogP contribution in [0.4, 0.5) is 0 Å². The fourth-order valence-corrected chi connectivity index (χ4v) is 2.45. The fraction of sp³-hybridized carbons (Fsp3) is 0.500. The second kappa shape index (κ2) is 3.14. The zero-order chi connectivity index (χ0) is 11.2. The largest absolute Gasteiger partial charge is 0.493 e. The van der Waals surface area contributed by atoms with Crippen molar-refractivity contribution in [3.8, 4) is 11.5 Å². The van der Waals surface area contributed by atoms with E-state index in [1.165, 1.54) is 5.56 Å². The van der Waals surface area contributed by atoms with E-state index >= 15 is 0 Å². The molecule has 2 aliphatic rings. The molecule has 1 fully saturated rings. The molecule has 0 aromatic heterocycles. The van der Waals surface area contributed by atoms with E-state index in [1.807, 2.05) is 12.1 Å². The average molecular weight is 206 g/mol. The maximum atomic E-state index is 7.65. The van der Waals surface area contributed by atoms with Gasteiger partial charge in [0.1, 0.15) is 7.01 Å². The summed E-state index contributed by atoms with van der Waals surface area (Å²) < 4.78 is 19.0. The smallest absolute Gasteiger partial charge is 0.165 e. The number of rotatable bonds is 1. The highest BCUT2D eigenvalue weighted by atomic mass is 16.5. The van der Waals surface area contributed by atoms with Crippen LogP contribution in [0.3, 0.4) is 0 Å². The zero-order valence-corrected chi connectivity index (χ0v) is 8.82. The molecule has 1 aromatic carbocycles. The molecule has 0 amide bonds. The van der Waals surface area contributed by atoms with Crippen LogP contribution in [-0.2, 0) is 6.42 Å². The minimum absolute atomic E-state index is 0.182. The standard InChI is InChI=1S/C12H15NO2/c1-14-10-4-2-3-9-7-12(15-11(9)10)5-6-13-8-12/h2-4,13H,5-8H2,1H3/i/hD. The predicted octanol–water partition coefficient (Wildman–Crippen LogP) is 1.36. The maximum Gasteiger partial charge on any atom is 0.165 e. The molecule has 1 N–H and O–H groups in total. The summed E-state index contributed by atoms with van der Waals surface area (Å²) in [6.07, 6.45) is 1.82. The summed E-state index contributed by atoms with van der Waals surface area (Å²) in [6, 6.07) is 6.00. The van der Waals surface area contributed by atoms with E-state index in [-0.39, 0.29) is 5.60 Å². The molecule has 80 valence electrons. The molecule has 2 heterocycles. The van der Waals surface area contributed by atoms with Crippen molar-refractivity contribution in [2.45, 2.75) is 18.4 Å². The molecule has 0 bridgehead atoms. The summed E-state index contributed by atoms with van der Waals surface area (Å²) in [5.41, 5.74) is 1.02. The van der Waals surface area contributed by atoms with Gasteiger partial charge in [-0.25, -0.2) is 0 Å². The van der Waals surface area contributed by atoms with Crippen molar-refractivity contribution in [2.24, 2.45) is 0 Å². The first-order valence-corrected chi connectivity index (χ1v) is 5.31. The molecule has 3 nitrogen and oxygen atoms in total. The van der Waals surface area contributed by atoms with Gasteiger partial charge in [0, 0.05) is 24.9 Å². The van der Waals surface area contributed by atoms with Crippen molar-refractivity contribution >= 4 is 0 Å². The van der Waals surface area contributed by atoms with Crippen LogP contribution in [-0.4, -0.2) is 25.8 Å². The van der Waals surface area contributed by atoms with Gasteiger partial charge in [-0.1, -0.05) is 12.1 Å². The van der Waals surface area contributed by atoms with Crippen LogP contribution in [0.15, 0.2) is 18.2 Å². The molecule has 15 heavy (non-hydrogen) atoms. The summed E-state index contributed by atoms with van der Waals surface area (Å²) in [5.74, 6) is 1.68. The third kappa shape index (κ3) is 1.30. The zero-order valence-electron chi connectivity index (χ0n) is 9.82. The van der Waals surface area contributed by atoms with E-state index in [0.29, 0.717) is 6.54 Å². The molecule has 1 aromatic rings. The Morgan fingerprint density at radius 2 is 2.53 bits per heavy atom. The van der Waals surface area contributed by atoms with E-state index in [0.717, 1.165) is 30.9 Å². The number of methoxy groups -OCH3 is 1. The highest BCUT2D eigenvalue weighted by molar-refractivity contribution is 5.50. The van der Waals surface area contributed by atoms with Crippen molar-refractivity contribution in [3.63, 3.8) is 0 Å². The Kier molecular flexibility index (Phi) is 1.67. The Balaban J connectivity index is 1.94. The van der Waals surface area contributed by atoms with Gasteiger partial charge >= 0.3 is 0 Å². The highest BCUT2D eigenvalue weighted by Gasteiger charge is 2.42. The first-order chi connectivity index (χ1) is 7.72. The second-order valence-corrected chi connectivity index (χ2v) is 4.27. The average Bonchev–Trinajstić information content (AvgIpc) is 2.81. The molecule has 0 aliphatic carbocycles. The van der Waals surface area contributed by atoms with Crippen LogP contribution in [0.5, 0.6) is 11.5 Å². The van der Waals surface area contributed by atoms with Gasteiger partial charge in [0.15, 0.2) is 11.5 Å². The Bertz CT molecular complexity index is 423. The first kappa shape index (κ1) is 7.99. The molecule has 2 aliphatic heterocycles. The SMILES string of the molecule is [2H]N1CCC2(Cc3cccc(OC)c3O2)C1. The molecule has 0 radical (unpaired) electrons. The predicted molar refractivity (Wildman–Crippen MR) is 57.5 cm³/mol. The Morgan fingerprint density at radius 3 is 3.27 bits per heavy atom. The van der Waals surface area contributed by atoms with Crippen LogP contribution in [0, 0.1) is 0 Å². The van der Waals surface area contributed by atoms with Gasteiger partial charge in [0.2, 0.25) is 0 Å². The van der Waals surface area contributed by atoms with E-state index in [9.17, 15) is 0 Å². The fourth-order valence-electron chi connectivity index (χ4n) is 2.45. The van der Waals surface area contributed by atoms with Gasteiger partial charge in [-0.2, -0.15) is 0 Å². The Labute approximate surface area is 90.8 Å². The second-order valence-electron chi connectivity index (χ2n) is 4.27. The molecule has 1 saturated heterocycles. The lowest BCUT2D eigenvalue weighted by molar-refractivity contribution is 0.114. The van der Waals surface area contributed by atoms with Crippen molar-refractivity contribution in [3.05, 3.63) is 23.8 Å². The van der Waals surface area contributed by atoms with E-state index in [2.05, 4.69) is 6.07 Å². The number of para-hydroxylation sites is 1. The van der Waals surface area contributed by atoms with E-state index in [1.54, 1.807) is 12.4 Å². The van der Waals surface area contributed by atoms with Gasteiger partial charge in [-0.3, -0.25) is 0 Å². The molecule has 3 heteroatoms. The van der Waals surface area contributed by atoms with Crippen molar-refractivity contribution in [1.29, 1.82) is 0 Å². The minimum Gasteiger partial charge on any atom is -0.493 e. The quantitative estimate of drug-likeness (QED) is 0.752. The highest BCUT2D eigenvalue weighted by Crippen LogP contribution is 2.43. The summed E-state index contributed by atoms with van der Waals surface area (Å²) in [7, 11) is 1.66. The lowest BCUT2D eigenvalue weighted by Gasteiger charge is -2.21. The van der Waals surface area contributed by atoms with Crippen molar-refractivity contribution in [1.82, 2.24) is 5.31 Å². The van der Waals surface area contributed by atoms with Crippen LogP contribution in [0.1, 0.15) is 12.0 Å². The summed E-state index contributed by atoms with van der Waals surface area (Å²) in [6.45, 7) is 1.47. The first-order valence-electron chi connectivity index (χ1n) is 5.76. The monoisotopic (exact) mass is 206 g/mol. The number of hydrogen-bond acceptors (Lipinski definition) is 3. The summed E-state index contributed by atoms with van der Waals surface area (Å²) in [4.78, 5) is 0. The van der Waals surface area contributed by atoms with Crippen LogP contribution in [0.25, 0.3) is 0 Å². The molecule has 3 rings (SSSR count). The number of benzene rings is 1. The molecular weight excluding hydrogens is 190 g/mol. The normalized spacial score (nSPS) is 30.1. The molecular formula is C12H15NO2. The topological polar surface area (TPSA) is 30.5 Å². The number of nitrogens with one attached hydrogen (secondary N) is 1. The maximum absolute atomic E-state index is 7.65. The third-order valence-electron chi connectivity index (χ3n) is 3.24. The molecule has 0 saturated carbocycles. The summed E-state index contributed by atoms with van der Waals surface area (Å²) >= 11 is 0. The Morgan fingerprint density at radius 1 is 1.60 bits per heavy atom. The van der Waals surface area contributed by atoms with Gasteiger partial charge in [-0.15, -0.1) is 0 Å². The van der Waals surface area contributed by atoms with E-state index < -0.39 is 0 Å². The van der Waals surface area contributed by atoms with E-state index in [4.69, 9.17) is 10.9 Å². The Hall–Kier alpha value is -1.22. The van der Waals surface area contributed by atoms with Crippen LogP contribution in [0.2, 0.25) is 1.41 Å². The van der Waals surface area contributed by atoms with Gasteiger partial charge in [-0.05, 0) is 12.6 Å². The lowest BCUT2D eigenvalue weighted by Crippen LogP contribution is -2.36. The molecule has 1 atom stereocenters.